The van der Waals surface area contributed by atoms with Crippen molar-refractivity contribution in [2.75, 3.05) is 10.6 Å². The first kappa shape index (κ1) is 19.4. The standard InChI is InChI=1S/C23H25N3O2/c1-4-17-5-7-20(8-6-17)26-23(27)18-13-21(15-24-14-18)25-19-9-11-22(12-10-19)28-16(2)3/h5-16,25H,4H2,1-3H3,(H,26,27). The van der Waals surface area contributed by atoms with Crippen molar-refractivity contribution in [3.8, 4) is 5.75 Å². The van der Waals surface area contributed by atoms with Crippen LogP contribution in [0.25, 0.3) is 0 Å². The molecule has 0 radical (unpaired) electrons. The molecule has 0 fully saturated rings. The highest BCUT2D eigenvalue weighted by Crippen LogP contribution is 2.21. The Kier molecular flexibility index (Phi) is 6.27. The molecular weight excluding hydrogens is 350 g/mol. The van der Waals surface area contributed by atoms with E-state index in [1.54, 1.807) is 18.5 Å². The number of ether oxygens (including phenoxy) is 1. The highest BCUT2D eigenvalue weighted by molar-refractivity contribution is 6.04. The second-order valence-corrected chi connectivity index (χ2v) is 6.78. The molecule has 0 saturated carbocycles. The van der Waals surface area contributed by atoms with E-state index in [0.717, 1.165) is 29.2 Å². The smallest absolute Gasteiger partial charge is 0.257 e. The van der Waals surface area contributed by atoms with Crippen molar-refractivity contribution in [2.45, 2.75) is 33.3 Å². The van der Waals surface area contributed by atoms with Gasteiger partial charge in [-0.05, 0) is 68.3 Å². The zero-order chi connectivity index (χ0) is 19.9. The molecule has 0 aliphatic rings. The summed E-state index contributed by atoms with van der Waals surface area (Å²) in [5, 5.41) is 6.16. The molecule has 0 atom stereocenters. The van der Waals surface area contributed by atoms with Crippen molar-refractivity contribution in [3.05, 3.63) is 78.1 Å². The number of rotatable bonds is 7. The van der Waals surface area contributed by atoms with Crippen LogP contribution in [0.1, 0.15) is 36.7 Å². The molecule has 1 aromatic heterocycles. The summed E-state index contributed by atoms with van der Waals surface area (Å²) < 4.78 is 5.65. The Morgan fingerprint density at radius 2 is 1.64 bits per heavy atom. The summed E-state index contributed by atoms with van der Waals surface area (Å²) in [5.74, 6) is 0.627. The van der Waals surface area contributed by atoms with Crippen LogP contribution in [0.4, 0.5) is 17.1 Å². The van der Waals surface area contributed by atoms with Gasteiger partial charge in [-0.15, -0.1) is 0 Å². The van der Waals surface area contributed by atoms with Gasteiger partial charge in [0.05, 0.1) is 23.6 Å². The van der Waals surface area contributed by atoms with E-state index in [0.29, 0.717) is 5.56 Å². The lowest BCUT2D eigenvalue weighted by Gasteiger charge is -2.11. The Balaban J connectivity index is 1.66. The SMILES string of the molecule is CCc1ccc(NC(=O)c2cncc(Nc3ccc(OC(C)C)cc3)c2)cc1. The number of carbonyl (C=O) groups excluding carboxylic acids is 1. The van der Waals surface area contributed by atoms with Crippen LogP contribution < -0.4 is 15.4 Å². The van der Waals surface area contributed by atoms with Gasteiger partial charge in [0.2, 0.25) is 0 Å². The average molecular weight is 375 g/mol. The number of nitrogens with zero attached hydrogens (tertiary/aromatic N) is 1. The molecule has 2 N–H and O–H groups in total. The Hall–Kier alpha value is -3.34. The molecule has 5 heteroatoms. The average Bonchev–Trinajstić information content (AvgIpc) is 2.70. The zero-order valence-electron chi connectivity index (χ0n) is 16.4. The summed E-state index contributed by atoms with van der Waals surface area (Å²) >= 11 is 0. The van der Waals surface area contributed by atoms with Crippen molar-refractivity contribution in [1.82, 2.24) is 4.98 Å². The highest BCUT2D eigenvalue weighted by atomic mass is 16.5. The van der Waals surface area contributed by atoms with Crippen LogP contribution in [0.15, 0.2) is 67.0 Å². The number of carbonyl (C=O) groups is 1. The van der Waals surface area contributed by atoms with Gasteiger partial charge in [-0.2, -0.15) is 0 Å². The van der Waals surface area contributed by atoms with E-state index in [9.17, 15) is 4.79 Å². The van der Waals surface area contributed by atoms with E-state index >= 15 is 0 Å². The molecule has 28 heavy (non-hydrogen) atoms. The maximum atomic E-state index is 12.5. The van der Waals surface area contributed by atoms with E-state index in [1.807, 2.05) is 62.4 Å². The number of amides is 1. The van der Waals surface area contributed by atoms with Gasteiger partial charge in [0.15, 0.2) is 0 Å². The topological polar surface area (TPSA) is 63.2 Å². The van der Waals surface area contributed by atoms with E-state index in [1.165, 1.54) is 5.56 Å². The van der Waals surface area contributed by atoms with Crippen molar-refractivity contribution in [2.24, 2.45) is 0 Å². The fourth-order valence-electron chi connectivity index (χ4n) is 2.72. The molecule has 2 aromatic carbocycles. The number of aryl methyl sites for hydroxylation is 1. The van der Waals surface area contributed by atoms with Gasteiger partial charge < -0.3 is 15.4 Å². The molecule has 144 valence electrons. The summed E-state index contributed by atoms with van der Waals surface area (Å²) in [6.07, 6.45) is 4.35. The molecule has 0 spiro atoms. The number of benzene rings is 2. The zero-order valence-corrected chi connectivity index (χ0v) is 16.4. The quantitative estimate of drug-likeness (QED) is 0.578. The third-order valence-corrected chi connectivity index (χ3v) is 4.14. The molecule has 3 rings (SSSR count). The fraction of sp³-hybridized carbons (Fsp3) is 0.217. The minimum Gasteiger partial charge on any atom is -0.491 e. The van der Waals surface area contributed by atoms with Crippen molar-refractivity contribution in [3.63, 3.8) is 0 Å². The number of pyridine rings is 1. The predicted molar refractivity (Wildman–Crippen MR) is 113 cm³/mol. The van der Waals surface area contributed by atoms with Crippen LogP contribution in [-0.2, 0) is 6.42 Å². The first-order valence-electron chi connectivity index (χ1n) is 9.42. The van der Waals surface area contributed by atoms with Gasteiger partial charge in [0.25, 0.3) is 5.91 Å². The lowest BCUT2D eigenvalue weighted by molar-refractivity contribution is 0.102. The lowest BCUT2D eigenvalue weighted by atomic mass is 10.1. The monoisotopic (exact) mass is 375 g/mol. The third-order valence-electron chi connectivity index (χ3n) is 4.14. The minimum atomic E-state index is -0.193. The van der Waals surface area contributed by atoms with Gasteiger partial charge in [-0.3, -0.25) is 9.78 Å². The molecule has 0 unspecified atom stereocenters. The molecule has 0 aliphatic heterocycles. The molecule has 1 heterocycles. The van der Waals surface area contributed by atoms with Gasteiger partial charge in [0, 0.05) is 17.6 Å². The maximum absolute atomic E-state index is 12.5. The number of anilines is 3. The van der Waals surface area contributed by atoms with Crippen molar-refractivity contribution < 1.29 is 9.53 Å². The van der Waals surface area contributed by atoms with Gasteiger partial charge in [-0.1, -0.05) is 19.1 Å². The first-order chi connectivity index (χ1) is 13.5. The van der Waals surface area contributed by atoms with E-state index < -0.39 is 0 Å². The molecule has 0 saturated heterocycles. The van der Waals surface area contributed by atoms with Gasteiger partial charge >= 0.3 is 0 Å². The Bertz CT molecular complexity index is 919. The molecule has 5 nitrogen and oxygen atoms in total. The van der Waals surface area contributed by atoms with Crippen molar-refractivity contribution in [1.29, 1.82) is 0 Å². The molecule has 1 amide bonds. The second kappa shape index (κ2) is 9.04. The van der Waals surface area contributed by atoms with E-state index in [4.69, 9.17) is 4.74 Å². The molecule has 0 aliphatic carbocycles. The second-order valence-electron chi connectivity index (χ2n) is 6.78. The molecular formula is C23H25N3O2. The fourth-order valence-corrected chi connectivity index (χ4v) is 2.72. The predicted octanol–water partition coefficient (Wildman–Crippen LogP) is 5.43. The summed E-state index contributed by atoms with van der Waals surface area (Å²) in [4.78, 5) is 16.7. The Morgan fingerprint density at radius 1 is 0.964 bits per heavy atom. The van der Waals surface area contributed by atoms with Crippen LogP contribution in [0.3, 0.4) is 0 Å². The number of nitrogens with one attached hydrogen (secondary N) is 2. The highest BCUT2D eigenvalue weighted by Gasteiger charge is 2.08. The normalized spacial score (nSPS) is 10.6. The Morgan fingerprint density at radius 3 is 2.29 bits per heavy atom. The van der Waals surface area contributed by atoms with E-state index in [-0.39, 0.29) is 12.0 Å². The van der Waals surface area contributed by atoms with Crippen LogP contribution in [-0.4, -0.2) is 17.0 Å². The van der Waals surface area contributed by atoms with Crippen LogP contribution in [0.5, 0.6) is 5.75 Å². The number of aromatic nitrogens is 1. The van der Waals surface area contributed by atoms with Crippen LogP contribution in [0, 0.1) is 0 Å². The number of hydrogen-bond acceptors (Lipinski definition) is 4. The lowest BCUT2D eigenvalue weighted by Crippen LogP contribution is -2.12. The molecule has 0 bridgehead atoms. The van der Waals surface area contributed by atoms with Gasteiger partial charge in [0.1, 0.15) is 5.75 Å². The van der Waals surface area contributed by atoms with Crippen LogP contribution >= 0.6 is 0 Å². The van der Waals surface area contributed by atoms with Crippen LogP contribution in [0.2, 0.25) is 0 Å². The summed E-state index contributed by atoms with van der Waals surface area (Å²) in [6, 6.07) is 17.3. The molecule has 3 aromatic rings. The third kappa shape index (κ3) is 5.33. The minimum absolute atomic E-state index is 0.136. The number of hydrogen-bond donors (Lipinski definition) is 2. The summed E-state index contributed by atoms with van der Waals surface area (Å²) in [5.41, 5.74) is 4.12. The van der Waals surface area contributed by atoms with Crippen molar-refractivity contribution >= 4 is 23.0 Å². The summed E-state index contributed by atoms with van der Waals surface area (Å²) in [6.45, 7) is 6.09. The summed E-state index contributed by atoms with van der Waals surface area (Å²) in [7, 11) is 0. The van der Waals surface area contributed by atoms with E-state index in [2.05, 4.69) is 22.5 Å². The maximum Gasteiger partial charge on any atom is 0.257 e. The van der Waals surface area contributed by atoms with Gasteiger partial charge in [-0.25, -0.2) is 0 Å². The largest absolute Gasteiger partial charge is 0.491 e. The first-order valence-corrected chi connectivity index (χ1v) is 9.42. The Labute approximate surface area is 165 Å².